The summed E-state index contributed by atoms with van der Waals surface area (Å²) in [6.45, 7) is 4.32. The van der Waals surface area contributed by atoms with E-state index in [4.69, 9.17) is 0 Å². The zero-order chi connectivity index (χ0) is 7.40. The molecular weight excluding hydrogens is 126 g/mol. The molecule has 10 heavy (non-hydrogen) atoms. The molecule has 0 saturated carbocycles. The standard InChI is InChI=1S/C8H12NO/c1-2-4-7-5-3-6-9-8(7)10/h2,7H,1,3-6H2. The van der Waals surface area contributed by atoms with E-state index < -0.39 is 0 Å². The fraction of sp³-hybridized carbons (Fsp3) is 0.625. The Kier molecular flexibility index (Phi) is 2.49. The lowest BCUT2D eigenvalue weighted by molar-refractivity contribution is -0.126. The fourth-order valence-corrected chi connectivity index (χ4v) is 1.20. The molecule has 1 radical (unpaired) electrons. The number of hydrogen-bond donors (Lipinski definition) is 0. The molecule has 1 saturated heterocycles. The SMILES string of the molecule is C=CCC1CCC[N]C1=O. The summed E-state index contributed by atoms with van der Waals surface area (Å²) < 4.78 is 0. The molecule has 2 nitrogen and oxygen atoms in total. The molecule has 2 heteroatoms. The maximum absolute atomic E-state index is 11.0. The number of hydrogen-bond acceptors (Lipinski definition) is 1. The topological polar surface area (TPSA) is 31.2 Å². The summed E-state index contributed by atoms with van der Waals surface area (Å²) in [5.74, 6) is 0.220. The molecular formula is C8H12NO. The van der Waals surface area contributed by atoms with Crippen LogP contribution in [0.5, 0.6) is 0 Å². The molecule has 0 aromatic heterocycles. The van der Waals surface area contributed by atoms with Crippen LogP contribution >= 0.6 is 0 Å². The van der Waals surface area contributed by atoms with Gasteiger partial charge < -0.3 is 0 Å². The highest BCUT2D eigenvalue weighted by Gasteiger charge is 2.21. The van der Waals surface area contributed by atoms with Gasteiger partial charge in [-0.05, 0) is 19.3 Å². The fourth-order valence-electron chi connectivity index (χ4n) is 1.20. The van der Waals surface area contributed by atoms with Crippen molar-refractivity contribution in [1.82, 2.24) is 5.32 Å². The first-order chi connectivity index (χ1) is 4.84. The Morgan fingerprint density at radius 1 is 1.80 bits per heavy atom. The summed E-state index contributed by atoms with van der Waals surface area (Å²) in [4.78, 5) is 11.0. The van der Waals surface area contributed by atoms with Crippen LogP contribution in [0.1, 0.15) is 19.3 Å². The second-order valence-electron chi connectivity index (χ2n) is 2.58. The molecule has 1 rings (SSSR count). The Morgan fingerprint density at radius 3 is 3.20 bits per heavy atom. The first-order valence-corrected chi connectivity index (χ1v) is 3.67. The number of carbonyl (C=O) groups excluding carboxylic acids is 1. The summed E-state index contributed by atoms with van der Waals surface area (Å²) in [5.41, 5.74) is 0. The third kappa shape index (κ3) is 1.59. The zero-order valence-electron chi connectivity index (χ0n) is 6.05. The molecule has 1 fully saturated rings. The van der Waals surface area contributed by atoms with Crippen molar-refractivity contribution in [2.75, 3.05) is 6.54 Å². The molecule has 1 aliphatic rings. The van der Waals surface area contributed by atoms with Crippen LogP contribution in [0.25, 0.3) is 0 Å². The number of carbonyl (C=O) groups is 1. The van der Waals surface area contributed by atoms with Gasteiger partial charge in [-0.1, -0.05) is 6.08 Å². The van der Waals surface area contributed by atoms with E-state index in [9.17, 15) is 4.79 Å². The number of piperidine rings is 1. The number of nitrogens with zero attached hydrogens (tertiary/aromatic N) is 1. The Hall–Kier alpha value is -0.790. The molecule has 0 spiro atoms. The normalized spacial score (nSPS) is 25.6. The van der Waals surface area contributed by atoms with E-state index in [1.54, 1.807) is 6.08 Å². The minimum atomic E-state index is 0.0751. The maximum atomic E-state index is 11.0. The van der Waals surface area contributed by atoms with Gasteiger partial charge >= 0.3 is 0 Å². The summed E-state index contributed by atoms with van der Waals surface area (Å²) in [6, 6.07) is 0. The van der Waals surface area contributed by atoms with E-state index >= 15 is 0 Å². The van der Waals surface area contributed by atoms with Crippen molar-refractivity contribution < 1.29 is 4.79 Å². The molecule has 0 aromatic rings. The molecule has 0 bridgehead atoms. The van der Waals surface area contributed by atoms with Gasteiger partial charge in [0.25, 0.3) is 0 Å². The van der Waals surface area contributed by atoms with Gasteiger partial charge in [-0.15, -0.1) is 6.58 Å². The lowest BCUT2D eigenvalue weighted by atomic mass is 9.95. The first kappa shape index (κ1) is 7.32. The predicted molar refractivity (Wildman–Crippen MR) is 39.5 cm³/mol. The average molecular weight is 138 g/mol. The molecule has 0 aliphatic carbocycles. The summed E-state index contributed by atoms with van der Waals surface area (Å²) in [7, 11) is 0. The second kappa shape index (κ2) is 3.40. The third-order valence-electron chi connectivity index (χ3n) is 1.78. The highest BCUT2D eigenvalue weighted by Crippen LogP contribution is 2.15. The third-order valence-corrected chi connectivity index (χ3v) is 1.78. The van der Waals surface area contributed by atoms with Gasteiger partial charge in [0.2, 0.25) is 5.91 Å². The van der Waals surface area contributed by atoms with Crippen LogP contribution < -0.4 is 5.32 Å². The number of rotatable bonds is 2. The Labute approximate surface area is 61.3 Å². The quantitative estimate of drug-likeness (QED) is 0.526. The molecule has 55 valence electrons. The van der Waals surface area contributed by atoms with Crippen LogP contribution in [0, 0.1) is 5.92 Å². The van der Waals surface area contributed by atoms with Gasteiger partial charge in [0, 0.05) is 12.5 Å². The minimum Gasteiger partial charge on any atom is -0.273 e. The van der Waals surface area contributed by atoms with E-state index in [1.165, 1.54) is 0 Å². The van der Waals surface area contributed by atoms with Crippen LogP contribution in [-0.4, -0.2) is 12.5 Å². The second-order valence-corrected chi connectivity index (χ2v) is 2.58. The molecule has 1 heterocycles. The van der Waals surface area contributed by atoms with Gasteiger partial charge in [0.15, 0.2) is 0 Å². The lowest BCUT2D eigenvalue weighted by Crippen LogP contribution is -2.30. The maximum Gasteiger partial charge on any atom is 0.244 e. The molecule has 0 N–H and O–H groups in total. The van der Waals surface area contributed by atoms with Crippen molar-refractivity contribution >= 4 is 5.91 Å². The Bertz CT molecular complexity index is 142. The summed E-state index contributed by atoms with van der Waals surface area (Å²) >= 11 is 0. The monoisotopic (exact) mass is 138 g/mol. The smallest absolute Gasteiger partial charge is 0.244 e. The van der Waals surface area contributed by atoms with Crippen LogP contribution in [0.2, 0.25) is 0 Å². The van der Waals surface area contributed by atoms with Crippen molar-refractivity contribution in [3.63, 3.8) is 0 Å². The van der Waals surface area contributed by atoms with Crippen LogP contribution in [0.3, 0.4) is 0 Å². The molecule has 1 amide bonds. The van der Waals surface area contributed by atoms with E-state index in [1.807, 2.05) is 0 Å². The van der Waals surface area contributed by atoms with Crippen LogP contribution in [-0.2, 0) is 4.79 Å². The molecule has 0 aromatic carbocycles. The molecule has 1 atom stereocenters. The highest BCUT2D eigenvalue weighted by molar-refractivity contribution is 5.79. The Morgan fingerprint density at radius 2 is 2.60 bits per heavy atom. The lowest BCUT2D eigenvalue weighted by Gasteiger charge is -2.17. The van der Waals surface area contributed by atoms with E-state index in [0.29, 0.717) is 0 Å². The number of amides is 1. The Balaban J connectivity index is 2.39. The summed E-state index contributed by atoms with van der Waals surface area (Å²) in [5, 5.41) is 3.84. The molecule has 1 unspecified atom stereocenters. The van der Waals surface area contributed by atoms with Gasteiger partial charge in [-0.25, -0.2) is 0 Å². The zero-order valence-corrected chi connectivity index (χ0v) is 6.05. The van der Waals surface area contributed by atoms with Crippen LogP contribution in [0.15, 0.2) is 12.7 Å². The van der Waals surface area contributed by atoms with Gasteiger partial charge in [-0.3, -0.25) is 10.1 Å². The van der Waals surface area contributed by atoms with Crippen molar-refractivity contribution in [2.24, 2.45) is 5.92 Å². The van der Waals surface area contributed by atoms with Gasteiger partial charge in [0.05, 0.1) is 0 Å². The summed E-state index contributed by atoms with van der Waals surface area (Å²) in [6.07, 6.45) is 4.64. The van der Waals surface area contributed by atoms with Crippen molar-refractivity contribution in [3.8, 4) is 0 Å². The highest BCUT2D eigenvalue weighted by atomic mass is 16.1. The van der Waals surface area contributed by atoms with Gasteiger partial charge in [0.1, 0.15) is 0 Å². The first-order valence-electron chi connectivity index (χ1n) is 3.67. The van der Waals surface area contributed by atoms with Crippen molar-refractivity contribution in [3.05, 3.63) is 12.7 Å². The predicted octanol–water partition coefficient (Wildman–Crippen LogP) is 1.10. The number of allylic oxidation sites excluding steroid dienone is 1. The van der Waals surface area contributed by atoms with Crippen molar-refractivity contribution in [1.29, 1.82) is 0 Å². The largest absolute Gasteiger partial charge is 0.273 e. The minimum absolute atomic E-state index is 0.0751. The van der Waals surface area contributed by atoms with E-state index in [-0.39, 0.29) is 11.8 Å². The van der Waals surface area contributed by atoms with Crippen LogP contribution in [0.4, 0.5) is 0 Å². The molecule has 1 aliphatic heterocycles. The van der Waals surface area contributed by atoms with E-state index in [0.717, 1.165) is 25.8 Å². The van der Waals surface area contributed by atoms with Gasteiger partial charge in [-0.2, -0.15) is 0 Å². The van der Waals surface area contributed by atoms with Crippen molar-refractivity contribution in [2.45, 2.75) is 19.3 Å². The average Bonchev–Trinajstić information content (AvgIpc) is 1.94. The van der Waals surface area contributed by atoms with E-state index in [2.05, 4.69) is 11.9 Å².